The minimum atomic E-state index is 0.357. The normalized spacial score (nSPS) is 19.1. The Kier molecular flexibility index (Phi) is 5.59. The lowest BCUT2D eigenvalue weighted by Gasteiger charge is -2.26. The number of nitrogens with zero attached hydrogens (tertiary/aromatic N) is 2. The molecular weight excluding hydrogens is 252 g/mol. The molecule has 0 spiro atoms. The second kappa shape index (κ2) is 7.43. The van der Waals surface area contributed by atoms with E-state index in [2.05, 4.69) is 41.4 Å². The van der Waals surface area contributed by atoms with Crippen LogP contribution in [0.2, 0.25) is 0 Å². The van der Waals surface area contributed by atoms with Crippen LogP contribution in [0.4, 0.5) is 11.6 Å². The molecule has 2 rings (SSSR count). The molecule has 20 heavy (non-hydrogen) atoms. The van der Waals surface area contributed by atoms with Gasteiger partial charge >= 0.3 is 0 Å². The van der Waals surface area contributed by atoms with Gasteiger partial charge in [-0.15, -0.1) is 0 Å². The van der Waals surface area contributed by atoms with Gasteiger partial charge in [-0.05, 0) is 25.2 Å². The van der Waals surface area contributed by atoms with E-state index in [0.717, 1.165) is 50.7 Å². The molecule has 1 saturated heterocycles. The van der Waals surface area contributed by atoms with Crippen LogP contribution in [0, 0.1) is 0 Å². The molecule has 2 N–H and O–H groups in total. The summed E-state index contributed by atoms with van der Waals surface area (Å²) in [5.41, 5.74) is 1.17. The van der Waals surface area contributed by atoms with E-state index >= 15 is 0 Å². The number of rotatable bonds is 6. The minimum absolute atomic E-state index is 0.357. The van der Waals surface area contributed by atoms with E-state index in [4.69, 9.17) is 4.74 Å². The van der Waals surface area contributed by atoms with Crippen molar-refractivity contribution in [3.05, 3.63) is 11.9 Å². The van der Waals surface area contributed by atoms with Crippen LogP contribution < -0.4 is 10.6 Å². The van der Waals surface area contributed by atoms with Gasteiger partial charge in [0.25, 0.3) is 0 Å². The van der Waals surface area contributed by atoms with Crippen molar-refractivity contribution >= 4 is 11.6 Å². The van der Waals surface area contributed by atoms with Gasteiger partial charge in [-0.2, -0.15) is 0 Å². The van der Waals surface area contributed by atoms with Crippen LogP contribution in [-0.4, -0.2) is 35.8 Å². The Hall–Kier alpha value is -1.36. The third kappa shape index (κ3) is 3.82. The molecule has 0 bridgehead atoms. The second-order valence-electron chi connectivity index (χ2n) is 5.62. The predicted molar refractivity (Wildman–Crippen MR) is 82.4 cm³/mol. The van der Waals surface area contributed by atoms with E-state index in [1.807, 2.05) is 0 Å². The summed E-state index contributed by atoms with van der Waals surface area (Å²) in [6.07, 6.45) is 4.97. The SMILES string of the molecule is CCCNc1ncnc(NC2CCCOC2)c1C(C)C. The number of nitrogens with one attached hydrogen (secondary N) is 2. The minimum Gasteiger partial charge on any atom is -0.379 e. The van der Waals surface area contributed by atoms with Crippen molar-refractivity contribution < 1.29 is 4.74 Å². The van der Waals surface area contributed by atoms with E-state index in [1.54, 1.807) is 6.33 Å². The topological polar surface area (TPSA) is 59.1 Å². The van der Waals surface area contributed by atoms with Gasteiger partial charge in [-0.3, -0.25) is 0 Å². The summed E-state index contributed by atoms with van der Waals surface area (Å²) >= 11 is 0. The van der Waals surface area contributed by atoms with E-state index in [1.165, 1.54) is 5.56 Å². The van der Waals surface area contributed by atoms with Crippen molar-refractivity contribution in [1.29, 1.82) is 0 Å². The van der Waals surface area contributed by atoms with Gasteiger partial charge in [0, 0.05) is 18.7 Å². The van der Waals surface area contributed by atoms with Gasteiger partial charge in [0.15, 0.2) is 0 Å². The molecule has 1 aromatic rings. The van der Waals surface area contributed by atoms with Crippen molar-refractivity contribution in [3.63, 3.8) is 0 Å². The van der Waals surface area contributed by atoms with Gasteiger partial charge in [0.1, 0.15) is 18.0 Å². The van der Waals surface area contributed by atoms with Gasteiger partial charge in [-0.1, -0.05) is 20.8 Å². The Morgan fingerprint density at radius 1 is 1.35 bits per heavy atom. The number of ether oxygens (including phenoxy) is 1. The highest BCUT2D eigenvalue weighted by Gasteiger charge is 2.19. The van der Waals surface area contributed by atoms with Gasteiger partial charge in [0.05, 0.1) is 12.6 Å². The van der Waals surface area contributed by atoms with Gasteiger partial charge < -0.3 is 15.4 Å². The molecule has 1 fully saturated rings. The zero-order chi connectivity index (χ0) is 14.4. The van der Waals surface area contributed by atoms with Crippen molar-refractivity contribution in [1.82, 2.24) is 9.97 Å². The largest absolute Gasteiger partial charge is 0.379 e. The molecule has 0 aliphatic carbocycles. The second-order valence-corrected chi connectivity index (χ2v) is 5.62. The first-order valence-electron chi connectivity index (χ1n) is 7.65. The number of anilines is 2. The molecule has 1 aromatic heterocycles. The monoisotopic (exact) mass is 278 g/mol. The molecule has 1 aliphatic heterocycles. The van der Waals surface area contributed by atoms with E-state index in [9.17, 15) is 0 Å². The Morgan fingerprint density at radius 3 is 2.80 bits per heavy atom. The Bertz CT molecular complexity index is 416. The maximum Gasteiger partial charge on any atom is 0.135 e. The number of hydrogen-bond donors (Lipinski definition) is 2. The van der Waals surface area contributed by atoms with Crippen molar-refractivity contribution in [2.45, 2.75) is 52.0 Å². The average molecular weight is 278 g/mol. The summed E-state index contributed by atoms with van der Waals surface area (Å²) in [6.45, 7) is 9.09. The van der Waals surface area contributed by atoms with Crippen LogP contribution in [0.5, 0.6) is 0 Å². The molecule has 1 aliphatic rings. The fourth-order valence-corrected chi connectivity index (χ4v) is 2.49. The Labute approximate surface area is 121 Å². The lowest BCUT2D eigenvalue weighted by atomic mass is 10.0. The lowest BCUT2D eigenvalue weighted by Crippen LogP contribution is -2.31. The fraction of sp³-hybridized carbons (Fsp3) is 0.733. The van der Waals surface area contributed by atoms with Gasteiger partial charge in [0.2, 0.25) is 0 Å². The zero-order valence-corrected chi connectivity index (χ0v) is 12.8. The first-order chi connectivity index (χ1) is 9.72. The summed E-state index contributed by atoms with van der Waals surface area (Å²) in [6, 6.07) is 0.357. The number of aromatic nitrogens is 2. The first-order valence-corrected chi connectivity index (χ1v) is 7.65. The summed E-state index contributed by atoms with van der Waals surface area (Å²) in [5.74, 6) is 2.28. The van der Waals surface area contributed by atoms with Crippen molar-refractivity contribution in [3.8, 4) is 0 Å². The average Bonchev–Trinajstić information content (AvgIpc) is 2.46. The zero-order valence-electron chi connectivity index (χ0n) is 12.8. The fourth-order valence-electron chi connectivity index (χ4n) is 2.49. The molecule has 1 unspecified atom stereocenters. The molecule has 5 nitrogen and oxygen atoms in total. The van der Waals surface area contributed by atoms with E-state index < -0.39 is 0 Å². The Balaban J connectivity index is 2.17. The van der Waals surface area contributed by atoms with Crippen molar-refractivity contribution in [2.24, 2.45) is 0 Å². The van der Waals surface area contributed by atoms with E-state index in [0.29, 0.717) is 12.0 Å². The molecule has 5 heteroatoms. The summed E-state index contributed by atoms with van der Waals surface area (Å²) < 4.78 is 5.53. The van der Waals surface area contributed by atoms with Crippen LogP contribution in [0.25, 0.3) is 0 Å². The van der Waals surface area contributed by atoms with Crippen LogP contribution in [0.15, 0.2) is 6.33 Å². The third-order valence-electron chi connectivity index (χ3n) is 3.50. The maximum atomic E-state index is 5.53. The molecule has 2 heterocycles. The van der Waals surface area contributed by atoms with Crippen LogP contribution in [-0.2, 0) is 4.74 Å². The third-order valence-corrected chi connectivity index (χ3v) is 3.50. The quantitative estimate of drug-likeness (QED) is 0.837. The summed E-state index contributed by atoms with van der Waals surface area (Å²) in [4.78, 5) is 8.84. The van der Waals surface area contributed by atoms with E-state index in [-0.39, 0.29) is 0 Å². The standard InChI is InChI=1S/C15H26N4O/c1-4-7-16-14-13(11(2)3)15(18-10-17-14)19-12-6-5-8-20-9-12/h10-12H,4-9H2,1-3H3,(H2,16,17,18,19). The maximum absolute atomic E-state index is 5.53. The van der Waals surface area contributed by atoms with Crippen molar-refractivity contribution in [2.75, 3.05) is 30.4 Å². The predicted octanol–water partition coefficient (Wildman–Crippen LogP) is 3.01. The summed E-state index contributed by atoms with van der Waals surface area (Å²) in [5, 5.41) is 6.93. The molecule has 0 aromatic carbocycles. The highest BCUT2D eigenvalue weighted by Crippen LogP contribution is 2.29. The Morgan fingerprint density at radius 2 is 2.15 bits per heavy atom. The highest BCUT2D eigenvalue weighted by atomic mass is 16.5. The molecule has 112 valence electrons. The highest BCUT2D eigenvalue weighted by molar-refractivity contribution is 5.59. The van der Waals surface area contributed by atoms with Crippen LogP contribution in [0.1, 0.15) is 51.5 Å². The molecule has 0 radical (unpaired) electrons. The lowest BCUT2D eigenvalue weighted by molar-refractivity contribution is 0.0875. The molecular formula is C15H26N4O. The van der Waals surface area contributed by atoms with Crippen LogP contribution in [0.3, 0.4) is 0 Å². The number of hydrogen-bond acceptors (Lipinski definition) is 5. The molecule has 0 saturated carbocycles. The van der Waals surface area contributed by atoms with Crippen LogP contribution >= 0.6 is 0 Å². The molecule has 1 atom stereocenters. The summed E-state index contributed by atoms with van der Waals surface area (Å²) in [7, 11) is 0. The molecule has 0 amide bonds. The smallest absolute Gasteiger partial charge is 0.135 e. The first kappa shape index (κ1) is 15.0. The van der Waals surface area contributed by atoms with Gasteiger partial charge in [-0.25, -0.2) is 9.97 Å².